The second-order valence-electron chi connectivity index (χ2n) is 6.73. The van der Waals surface area contributed by atoms with Crippen LogP contribution in [0.4, 0.5) is 8.78 Å². The Labute approximate surface area is 154 Å². The van der Waals surface area contributed by atoms with Gasteiger partial charge in [-0.3, -0.25) is 9.13 Å². The second-order valence-corrected chi connectivity index (χ2v) is 11.1. The van der Waals surface area contributed by atoms with Crippen LogP contribution in [0.25, 0.3) is 0 Å². The molecule has 0 fully saturated rings. The number of rotatable bonds is 11. The lowest BCUT2D eigenvalue weighted by Crippen LogP contribution is -2.18. The molecular weight excluding hydrogens is 384 g/mol. The van der Waals surface area contributed by atoms with Crippen molar-refractivity contribution in [1.29, 1.82) is 0 Å². The third-order valence-electron chi connectivity index (χ3n) is 3.82. The van der Waals surface area contributed by atoms with Crippen LogP contribution in [-0.2, 0) is 9.13 Å². The van der Waals surface area contributed by atoms with Crippen molar-refractivity contribution in [2.24, 2.45) is 0 Å². The molecule has 5 nitrogen and oxygen atoms in total. The molecule has 0 aromatic heterocycles. The second kappa shape index (κ2) is 10.7. The fourth-order valence-corrected chi connectivity index (χ4v) is 4.84. The molecule has 0 aliphatic carbocycles. The fraction of sp³-hybridized carbons (Fsp3) is 0.647. The number of alkyl halides is 2. The standard InChI is InChI=1S/C17H30F2O5P2/c1-14(2)8-5-9-15(3)10-6-11-16(4)12-7-13-25(20,21)17(18,19)26(22,23)24/h8,10,12H,5-7,9,11,13H2,1-4H3,(H,20,21)(H2,22,23,24)/b15-10+,16-12+. The van der Waals surface area contributed by atoms with Gasteiger partial charge < -0.3 is 14.7 Å². The van der Waals surface area contributed by atoms with E-state index in [9.17, 15) is 22.8 Å². The lowest BCUT2D eigenvalue weighted by Gasteiger charge is -2.22. The maximum Gasteiger partial charge on any atom is 0.417 e. The van der Waals surface area contributed by atoms with E-state index in [1.54, 1.807) is 13.0 Å². The largest absolute Gasteiger partial charge is 0.417 e. The molecule has 0 aliphatic rings. The highest BCUT2D eigenvalue weighted by Crippen LogP contribution is 2.72. The van der Waals surface area contributed by atoms with E-state index in [1.165, 1.54) is 11.1 Å². The normalized spacial score (nSPS) is 16.3. The van der Waals surface area contributed by atoms with E-state index < -0.39 is 26.5 Å². The number of hydrogen-bond donors (Lipinski definition) is 3. The topological polar surface area (TPSA) is 94.8 Å². The zero-order valence-corrected chi connectivity index (χ0v) is 17.6. The van der Waals surface area contributed by atoms with Crippen molar-refractivity contribution in [2.75, 3.05) is 6.16 Å². The van der Waals surface area contributed by atoms with Crippen molar-refractivity contribution < 1.29 is 32.6 Å². The molecule has 0 saturated heterocycles. The summed E-state index contributed by atoms with van der Waals surface area (Å²) in [7, 11) is -11.3. The first-order chi connectivity index (χ1) is 11.7. The van der Waals surface area contributed by atoms with E-state index in [2.05, 4.69) is 12.2 Å². The Hall–Kier alpha value is -0.580. The Kier molecular flexibility index (Phi) is 10.4. The van der Waals surface area contributed by atoms with Gasteiger partial charge in [-0.25, -0.2) is 0 Å². The van der Waals surface area contributed by atoms with Crippen LogP contribution in [0.2, 0.25) is 0 Å². The highest BCUT2D eigenvalue weighted by Gasteiger charge is 2.62. The molecule has 3 N–H and O–H groups in total. The molecule has 1 atom stereocenters. The lowest BCUT2D eigenvalue weighted by atomic mass is 10.1. The molecule has 0 saturated carbocycles. The van der Waals surface area contributed by atoms with Crippen LogP contribution < -0.4 is 0 Å². The number of hydrogen-bond acceptors (Lipinski definition) is 2. The molecule has 0 aromatic rings. The van der Waals surface area contributed by atoms with Gasteiger partial charge >= 0.3 is 13.0 Å². The van der Waals surface area contributed by atoms with Gasteiger partial charge in [0.15, 0.2) is 0 Å². The van der Waals surface area contributed by atoms with E-state index in [1.807, 2.05) is 20.8 Å². The van der Waals surface area contributed by atoms with Gasteiger partial charge in [0.1, 0.15) is 0 Å². The minimum Gasteiger partial charge on any atom is -0.340 e. The third kappa shape index (κ3) is 8.88. The maximum absolute atomic E-state index is 13.4. The van der Waals surface area contributed by atoms with Crippen molar-refractivity contribution >= 4 is 15.0 Å². The Bertz CT molecular complexity index is 644. The average Bonchev–Trinajstić information content (AvgIpc) is 2.45. The van der Waals surface area contributed by atoms with Crippen LogP contribution in [0, 0.1) is 0 Å². The van der Waals surface area contributed by atoms with Crippen LogP contribution in [0.1, 0.15) is 59.8 Å². The minimum atomic E-state index is -5.98. The first-order valence-corrected chi connectivity index (χ1v) is 11.9. The van der Waals surface area contributed by atoms with Gasteiger partial charge in [0.25, 0.3) is 7.37 Å². The summed E-state index contributed by atoms with van der Waals surface area (Å²) in [5.41, 5.74) is 3.41. The van der Waals surface area contributed by atoms with E-state index in [0.717, 1.165) is 24.8 Å². The average molecular weight is 414 g/mol. The molecule has 0 bridgehead atoms. The molecule has 152 valence electrons. The predicted molar refractivity (Wildman–Crippen MR) is 102 cm³/mol. The summed E-state index contributed by atoms with van der Waals surface area (Å²) in [4.78, 5) is 26.4. The van der Waals surface area contributed by atoms with E-state index in [0.29, 0.717) is 6.42 Å². The van der Waals surface area contributed by atoms with E-state index in [-0.39, 0.29) is 6.42 Å². The SMILES string of the molecule is CC(C)=CCC/C(C)=C/CC/C(C)=C/CCP(=O)(O)C(F)(F)P(=O)(O)O. The number of halogens is 2. The maximum atomic E-state index is 13.4. The molecule has 0 amide bonds. The van der Waals surface area contributed by atoms with Gasteiger partial charge in [0.05, 0.1) is 0 Å². The van der Waals surface area contributed by atoms with Gasteiger partial charge in [-0.15, -0.1) is 0 Å². The summed E-state index contributed by atoms with van der Waals surface area (Å²) >= 11 is 0. The zero-order chi connectivity index (χ0) is 20.6. The molecule has 0 radical (unpaired) electrons. The summed E-state index contributed by atoms with van der Waals surface area (Å²) in [6, 6.07) is 0. The molecule has 1 unspecified atom stereocenters. The number of allylic oxidation sites excluding steroid dienone is 6. The highest BCUT2D eigenvalue weighted by molar-refractivity contribution is 7.74. The van der Waals surface area contributed by atoms with Crippen LogP contribution in [0.3, 0.4) is 0 Å². The zero-order valence-electron chi connectivity index (χ0n) is 15.8. The molecule has 0 rings (SSSR count). The van der Waals surface area contributed by atoms with Crippen molar-refractivity contribution in [3.05, 3.63) is 34.9 Å². The van der Waals surface area contributed by atoms with E-state index >= 15 is 0 Å². The molecule has 0 aliphatic heterocycles. The molecule has 9 heteroatoms. The molecule has 0 aromatic carbocycles. The van der Waals surface area contributed by atoms with Crippen LogP contribution in [-0.4, -0.2) is 26.2 Å². The summed E-state index contributed by atoms with van der Waals surface area (Å²) < 4.78 is 49.0. The predicted octanol–water partition coefficient (Wildman–Crippen LogP) is 5.79. The molecular formula is C17H30F2O5P2. The van der Waals surface area contributed by atoms with Crippen molar-refractivity contribution in [2.45, 2.75) is 65.2 Å². The first kappa shape index (κ1) is 25.4. The smallest absolute Gasteiger partial charge is 0.340 e. The Balaban J connectivity index is 4.49. The molecule has 0 heterocycles. The first-order valence-electron chi connectivity index (χ1n) is 8.40. The third-order valence-corrected chi connectivity index (χ3v) is 7.94. The van der Waals surface area contributed by atoms with Gasteiger partial charge in [0.2, 0.25) is 0 Å². The van der Waals surface area contributed by atoms with Crippen molar-refractivity contribution in [3.8, 4) is 0 Å². The quantitative estimate of drug-likeness (QED) is 0.294. The molecule has 26 heavy (non-hydrogen) atoms. The van der Waals surface area contributed by atoms with Crippen molar-refractivity contribution in [1.82, 2.24) is 0 Å². The summed E-state index contributed by atoms with van der Waals surface area (Å²) in [6.07, 6.45) is 8.24. The fourth-order valence-electron chi connectivity index (χ4n) is 2.16. The van der Waals surface area contributed by atoms with Crippen LogP contribution in [0.5, 0.6) is 0 Å². The summed E-state index contributed by atoms with van der Waals surface area (Å²) in [5, 5.41) is -4.91. The highest BCUT2D eigenvalue weighted by atomic mass is 31.2. The Morgan fingerprint density at radius 2 is 1.27 bits per heavy atom. The summed E-state index contributed by atoms with van der Waals surface area (Å²) in [5.74, 6) is 0. The van der Waals surface area contributed by atoms with Gasteiger partial charge in [-0.2, -0.15) is 8.78 Å². The van der Waals surface area contributed by atoms with Gasteiger partial charge in [-0.05, 0) is 59.8 Å². The monoisotopic (exact) mass is 414 g/mol. The van der Waals surface area contributed by atoms with Crippen molar-refractivity contribution in [3.63, 3.8) is 0 Å². The summed E-state index contributed by atoms with van der Waals surface area (Å²) in [6.45, 7) is 7.93. The Morgan fingerprint density at radius 1 is 0.846 bits per heavy atom. The van der Waals surface area contributed by atoms with Gasteiger partial charge in [-0.1, -0.05) is 34.9 Å². The Morgan fingerprint density at radius 3 is 1.69 bits per heavy atom. The van der Waals surface area contributed by atoms with Crippen LogP contribution in [0.15, 0.2) is 34.9 Å². The van der Waals surface area contributed by atoms with Gasteiger partial charge in [0, 0.05) is 6.16 Å². The minimum absolute atomic E-state index is 0.140. The molecule has 0 spiro atoms. The van der Waals surface area contributed by atoms with Crippen LogP contribution >= 0.6 is 15.0 Å². The lowest BCUT2D eigenvalue weighted by molar-refractivity contribution is 0.124. The van der Waals surface area contributed by atoms with E-state index in [4.69, 9.17) is 9.79 Å².